The van der Waals surface area contributed by atoms with Crippen LogP contribution in [0.15, 0.2) is 78.9 Å². The van der Waals surface area contributed by atoms with Crippen molar-refractivity contribution in [1.29, 1.82) is 0 Å². The number of nitrogens with zero attached hydrogens (tertiary/aromatic N) is 5. The molecule has 1 aliphatic carbocycles. The fraction of sp³-hybridized carbons (Fsp3) is 0.194. The third-order valence-corrected chi connectivity index (χ3v) is 7.26. The molecule has 7 nitrogen and oxygen atoms in total. The summed E-state index contributed by atoms with van der Waals surface area (Å²) in [4.78, 5) is 20.2. The number of H-pyrrole nitrogens is 2. The van der Waals surface area contributed by atoms with Crippen molar-refractivity contribution < 1.29 is 0 Å². The molecule has 1 aliphatic heterocycles. The molecule has 1 fully saturated rings. The summed E-state index contributed by atoms with van der Waals surface area (Å²) in [7, 11) is 0. The molecule has 5 aromatic heterocycles. The zero-order valence-corrected chi connectivity index (χ0v) is 21.0. The monoisotopic (exact) mass is 497 g/mol. The predicted molar refractivity (Wildman–Crippen MR) is 150 cm³/mol. The molecule has 186 valence electrons. The highest BCUT2D eigenvalue weighted by Crippen LogP contribution is 2.34. The molecule has 2 aliphatic rings. The van der Waals surface area contributed by atoms with Crippen LogP contribution in [0.1, 0.15) is 41.8 Å². The number of nitrogens with one attached hydrogen (secondary N) is 2. The van der Waals surface area contributed by atoms with Crippen LogP contribution in [0, 0.1) is 0 Å². The lowest BCUT2D eigenvalue weighted by Gasteiger charge is -2.26. The number of hydrogen-bond donors (Lipinski definition) is 2. The van der Waals surface area contributed by atoms with Crippen LogP contribution in [0.2, 0.25) is 0 Å². The maximum Gasteiger partial charge on any atom is 0.135 e. The Bertz CT molecular complexity index is 1710. The average Bonchev–Trinajstić information content (AvgIpc) is 3.53. The van der Waals surface area contributed by atoms with Gasteiger partial charge in [0.2, 0.25) is 0 Å². The Morgan fingerprint density at radius 2 is 1.92 bits per heavy atom. The first-order valence-electron chi connectivity index (χ1n) is 13.1. The van der Waals surface area contributed by atoms with Gasteiger partial charge in [0.25, 0.3) is 0 Å². The maximum atomic E-state index is 5.05. The summed E-state index contributed by atoms with van der Waals surface area (Å²) < 4.78 is 0. The number of rotatable bonds is 5. The van der Waals surface area contributed by atoms with Crippen LogP contribution in [-0.4, -0.2) is 48.1 Å². The van der Waals surface area contributed by atoms with Gasteiger partial charge < -0.3 is 4.98 Å². The zero-order chi connectivity index (χ0) is 25.3. The first-order valence-corrected chi connectivity index (χ1v) is 13.1. The molecule has 7 heteroatoms. The van der Waals surface area contributed by atoms with Gasteiger partial charge in [-0.25, -0.2) is 4.98 Å². The molecule has 2 N–H and O–H groups in total. The van der Waals surface area contributed by atoms with Crippen LogP contribution in [-0.2, 0) is 6.54 Å². The van der Waals surface area contributed by atoms with Crippen molar-refractivity contribution >= 4 is 22.7 Å². The summed E-state index contributed by atoms with van der Waals surface area (Å²) in [5, 5.41) is 7.79. The number of pyridine rings is 3. The summed E-state index contributed by atoms with van der Waals surface area (Å²) in [6.45, 7) is 3.26. The SMILES string of the molecule is C1=CC=C(c2ccccn2)c2cc(-c3n[nH]c4ccc(-c5cncc(CN6CCCCC6)c5)nc34)[nH]c2C=1. The Morgan fingerprint density at radius 3 is 2.82 bits per heavy atom. The van der Waals surface area contributed by atoms with E-state index in [0.717, 1.165) is 75.8 Å². The minimum absolute atomic E-state index is 0.783. The molecule has 7 rings (SSSR count). The van der Waals surface area contributed by atoms with Gasteiger partial charge in [-0.2, -0.15) is 5.10 Å². The molecule has 0 bridgehead atoms. The van der Waals surface area contributed by atoms with Gasteiger partial charge in [0.05, 0.1) is 28.3 Å². The van der Waals surface area contributed by atoms with Gasteiger partial charge in [-0.1, -0.05) is 12.5 Å². The van der Waals surface area contributed by atoms with Crippen LogP contribution in [0.4, 0.5) is 0 Å². The predicted octanol–water partition coefficient (Wildman–Crippen LogP) is 6.01. The van der Waals surface area contributed by atoms with Gasteiger partial charge in [0, 0.05) is 47.9 Å². The van der Waals surface area contributed by atoms with Crippen molar-refractivity contribution in [2.24, 2.45) is 0 Å². The Balaban J connectivity index is 1.25. The van der Waals surface area contributed by atoms with E-state index >= 15 is 0 Å². The number of likely N-dealkylation sites (tertiary alicyclic amines) is 1. The molecule has 0 atom stereocenters. The lowest BCUT2D eigenvalue weighted by atomic mass is 10.0. The van der Waals surface area contributed by atoms with E-state index < -0.39 is 0 Å². The fourth-order valence-corrected chi connectivity index (χ4v) is 5.37. The second kappa shape index (κ2) is 9.71. The van der Waals surface area contributed by atoms with Crippen LogP contribution < -0.4 is 0 Å². The van der Waals surface area contributed by atoms with E-state index in [1.165, 1.54) is 24.8 Å². The first kappa shape index (κ1) is 22.6. The van der Waals surface area contributed by atoms with E-state index in [1.807, 2.05) is 67.2 Å². The molecule has 0 saturated carbocycles. The Hall–Kier alpha value is -4.58. The third kappa shape index (κ3) is 4.28. The van der Waals surface area contributed by atoms with Gasteiger partial charge in [0.1, 0.15) is 11.2 Å². The van der Waals surface area contributed by atoms with Gasteiger partial charge >= 0.3 is 0 Å². The van der Waals surface area contributed by atoms with Gasteiger partial charge in [0.15, 0.2) is 0 Å². The second-order valence-corrected chi connectivity index (χ2v) is 9.87. The number of fused-ring (bicyclic) bond motifs is 2. The molecule has 38 heavy (non-hydrogen) atoms. The lowest BCUT2D eigenvalue weighted by Crippen LogP contribution is -2.29. The smallest absolute Gasteiger partial charge is 0.135 e. The minimum Gasteiger partial charge on any atom is -0.353 e. The number of allylic oxidation sites excluding steroid dienone is 2. The topological polar surface area (TPSA) is 86.4 Å². The molecule has 5 aromatic rings. The molecular weight excluding hydrogens is 470 g/mol. The molecule has 0 amide bonds. The summed E-state index contributed by atoms with van der Waals surface area (Å²) in [5.41, 5.74) is 13.7. The van der Waals surface area contributed by atoms with Gasteiger partial charge in [-0.15, -0.1) is 5.73 Å². The zero-order valence-electron chi connectivity index (χ0n) is 21.0. The molecule has 1 saturated heterocycles. The minimum atomic E-state index is 0.783. The summed E-state index contributed by atoms with van der Waals surface area (Å²) >= 11 is 0. The van der Waals surface area contributed by atoms with Crippen LogP contribution in [0.5, 0.6) is 0 Å². The van der Waals surface area contributed by atoms with E-state index in [4.69, 9.17) is 4.98 Å². The van der Waals surface area contributed by atoms with E-state index in [-0.39, 0.29) is 0 Å². The second-order valence-electron chi connectivity index (χ2n) is 9.87. The maximum absolute atomic E-state index is 5.05. The molecule has 0 radical (unpaired) electrons. The Kier molecular flexibility index (Phi) is 5.77. The van der Waals surface area contributed by atoms with Crippen molar-refractivity contribution in [1.82, 2.24) is 35.0 Å². The van der Waals surface area contributed by atoms with Crippen molar-refractivity contribution in [2.45, 2.75) is 25.8 Å². The molecule has 0 aromatic carbocycles. The van der Waals surface area contributed by atoms with Crippen LogP contribution in [0.25, 0.3) is 45.3 Å². The number of aromatic amines is 2. The molecule has 6 heterocycles. The Labute approximate surface area is 220 Å². The number of piperidine rings is 1. The van der Waals surface area contributed by atoms with E-state index in [9.17, 15) is 0 Å². The highest BCUT2D eigenvalue weighted by molar-refractivity contribution is 5.93. The van der Waals surface area contributed by atoms with Crippen molar-refractivity contribution in [3.63, 3.8) is 0 Å². The largest absolute Gasteiger partial charge is 0.353 e. The normalized spacial score (nSPS) is 15.4. The fourth-order valence-electron chi connectivity index (χ4n) is 5.37. The highest BCUT2D eigenvalue weighted by Gasteiger charge is 2.19. The molecular formula is C31H27N7. The standard InChI is InChI=1S/C31H27N7/c1-6-14-38(15-7-1)20-21-16-22(19-32-18-21)25-11-12-28-30(35-25)31(37-36-28)29-17-24-23(26-9-4-5-13-33-26)8-2-3-10-27(24)34-29/h2,4-5,8-13,16-19,34H,1,6-7,14-15,20H2,(H,36,37). The van der Waals surface area contributed by atoms with E-state index in [1.54, 1.807) is 0 Å². The third-order valence-electron chi connectivity index (χ3n) is 7.26. The van der Waals surface area contributed by atoms with Crippen molar-refractivity contribution in [2.75, 3.05) is 13.1 Å². The van der Waals surface area contributed by atoms with E-state index in [0.29, 0.717) is 0 Å². The number of hydrogen-bond acceptors (Lipinski definition) is 5. The number of aromatic nitrogens is 6. The highest BCUT2D eigenvalue weighted by atomic mass is 15.1. The molecule has 0 spiro atoms. The first-order chi connectivity index (χ1) is 18.8. The van der Waals surface area contributed by atoms with Crippen LogP contribution >= 0.6 is 0 Å². The summed E-state index contributed by atoms with van der Waals surface area (Å²) in [6, 6.07) is 14.4. The van der Waals surface area contributed by atoms with Crippen molar-refractivity contribution in [3.8, 4) is 22.6 Å². The Morgan fingerprint density at radius 1 is 0.974 bits per heavy atom. The van der Waals surface area contributed by atoms with Gasteiger partial charge in [-0.05, 0) is 80.0 Å². The lowest BCUT2D eigenvalue weighted by molar-refractivity contribution is 0.220. The van der Waals surface area contributed by atoms with Crippen LogP contribution in [0.3, 0.4) is 0 Å². The van der Waals surface area contributed by atoms with Gasteiger partial charge in [-0.3, -0.25) is 20.0 Å². The summed E-state index contributed by atoms with van der Waals surface area (Å²) in [6.07, 6.45) is 15.5. The summed E-state index contributed by atoms with van der Waals surface area (Å²) in [5.74, 6) is 0. The quantitative estimate of drug-likeness (QED) is 0.291. The van der Waals surface area contributed by atoms with Crippen molar-refractivity contribution in [3.05, 3.63) is 101 Å². The average molecular weight is 498 g/mol. The van der Waals surface area contributed by atoms with E-state index in [2.05, 4.69) is 47.9 Å². The molecule has 0 unspecified atom stereocenters.